The minimum atomic E-state index is -3.25. The van der Waals surface area contributed by atoms with E-state index in [2.05, 4.69) is 16.3 Å². The molecule has 1 saturated heterocycles. The largest absolute Gasteiger partial charge is 0.360 e. The van der Waals surface area contributed by atoms with Gasteiger partial charge in [0, 0.05) is 41.6 Å². The van der Waals surface area contributed by atoms with E-state index in [9.17, 15) is 18.5 Å². The zero-order valence-electron chi connectivity index (χ0n) is 24.1. The highest BCUT2D eigenvalue weighted by atomic mass is 35.5. The minimum Gasteiger partial charge on any atom is -0.360 e. The first-order valence-electron chi connectivity index (χ1n) is 14.1. The van der Waals surface area contributed by atoms with E-state index in [4.69, 9.17) is 27.9 Å². The van der Waals surface area contributed by atoms with E-state index in [1.807, 2.05) is 54.6 Å². The molecule has 0 atom stereocenters. The number of hydrogen-bond donors (Lipinski definition) is 1. The van der Waals surface area contributed by atoms with Crippen molar-refractivity contribution >= 4 is 44.6 Å². The topological polar surface area (TPSA) is 99.5 Å². The molecular weight excluding hydrogens is 617 g/mol. The predicted molar refractivity (Wildman–Crippen MR) is 173 cm³/mol. The van der Waals surface area contributed by atoms with Gasteiger partial charge < -0.3 is 10.1 Å². The van der Waals surface area contributed by atoms with Gasteiger partial charge >= 0.3 is 0 Å². The quantitative estimate of drug-likeness (QED) is 0.208. The highest BCUT2D eigenvalue weighted by Crippen LogP contribution is 2.38. The first-order valence-corrected chi connectivity index (χ1v) is 16.7. The van der Waals surface area contributed by atoms with Gasteiger partial charge in [0.15, 0.2) is 9.84 Å². The number of piperidine rings is 1. The van der Waals surface area contributed by atoms with Gasteiger partial charge in [-0.25, -0.2) is 8.42 Å². The fourth-order valence-electron chi connectivity index (χ4n) is 5.45. The van der Waals surface area contributed by atoms with Crippen molar-refractivity contribution in [2.75, 3.05) is 31.3 Å². The molecule has 10 heteroatoms. The molecule has 0 aliphatic carbocycles. The fourth-order valence-corrected chi connectivity index (χ4v) is 6.61. The summed E-state index contributed by atoms with van der Waals surface area (Å²) in [6, 6.07) is 29.6. The fraction of sp³-hybridized carbons (Fsp3) is 0.235. The molecule has 1 aliphatic rings. The number of nitrogens with zero attached hydrogens (tertiary/aromatic N) is 2. The van der Waals surface area contributed by atoms with Crippen molar-refractivity contribution in [2.45, 2.75) is 29.9 Å². The van der Waals surface area contributed by atoms with E-state index in [1.165, 1.54) is 6.26 Å². The Morgan fingerprint density at radius 3 is 2.20 bits per heavy atom. The van der Waals surface area contributed by atoms with Crippen molar-refractivity contribution in [3.63, 3.8) is 0 Å². The Hall–Kier alpha value is -3.71. The van der Waals surface area contributed by atoms with Gasteiger partial charge in [-0.3, -0.25) is 9.69 Å². The second kappa shape index (κ2) is 13.5. The number of benzene rings is 4. The lowest BCUT2D eigenvalue weighted by Crippen LogP contribution is -2.45. The molecule has 7 nitrogen and oxygen atoms in total. The van der Waals surface area contributed by atoms with Crippen LogP contribution >= 0.6 is 23.2 Å². The van der Waals surface area contributed by atoms with Crippen LogP contribution in [0.5, 0.6) is 0 Å². The molecule has 0 bridgehead atoms. The molecule has 0 unspecified atom stereocenters. The van der Waals surface area contributed by atoms with Gasteiger partial charge in [0.05, 0.1) is 22.1 Å². The summed E-state index contributed by atoms with van der Waals surface area (Å²) in [6.07, 6.45) is 2.49. The van der Waals surface area contributed by atoms with Gasteiger partial charge in [-0.2, -0.15) is 5.26 Å². The predicted octanol–water partition coefficient (Wildman–Crippen LogP) is 7.08. The number of carbonyl (C=O) groups excluding carboxylic acids is 1. The first kappa shape index (κ1) is 31.7. The van der Waals surface area contributed by atoms with Crippen molar-refractivity contribution in [1.82, 2.24) is 4.90 Å². The van der Waals surface area contributed by atoms with Gasteiger partial charge in [-0.1, -0.05) is 71.7 Å². The van der Waals surface area contributed by atoms with Gasteiger partial charge in [0.2, 0.25) is 5.91 Å². The second-order valence-corrected chi connectivity index (χ2v) is 13.8. The van der Waals surface area contributed by atoms with Crippen LogP contribution in [0.15, 0.2) is 95.9 Å². The summed E-state index contributed by atoms with van der Waals surface area (Å²) in [7, 11) is -3.25. The highest BCUT2D eigenvalue weighted by Gasteiger charge is 2.38. The monoisotopic (exact) mass is 647 g/mol. The van der Waals surface area contributed by atoms with E-state index in [0.717, 1.165) is 22.3 Å². The molecule has 44 heavy (non-hydrogen) atoms. The Morgan fingerprint density at radius 1 is 0.932 bits per heavy atom. The molecule has 4 aromatic carbocycles. The van der Waals surface area contributed by atoms with Crippen LogP contribution in [0.1, 0.15) is 29.5 Å². The molecule has 0 radical (unpaired) electrons. The molecule has 1 heterocycles. The van der Waals surface area contributed by atoms with Gasteiger partial charge in [-0.15, -0.1) is 0 Å². The number of rotatable bonds is 9. The summed E-state index contributed by atoms with van der Waals surface area (Å²) >= 11 is 12.2. The maximum Gasteiger partial charge on any atom is 0.250 e. The lowest BCUT2D eigenvalue weighted by Gasteiger charge is -2.42. The van der Waals surface area contributed by atoms with Gasteiger partial charge in [-0.05, 0) is 77.6 Å². The SMILES string of the molecule is CS(=O)(=O)c1ccc(CN2CCC(OCC(=O)Nc3cc(Cl)cc(Cl)c3)(c3ccc(-c4cccc(C#N)c4)cc3)CC2)cc1. The molecule has 5 rings (SSSR count). The molecule has 1 amide bonds. The molecule has 4 aromatic rings. The standard InChI is InChI=1S/C34H31Cl2N3O4S/c1-44(41,42)32-11-5-24(6-12-32)22-39-15-13-34(14-16-39,43-23-33(40)38-31-19-29(35)18-30(36)20-31)28-9-7-26(8-10-28)27-4-2-3-25(17-27)21-37/h2-12,17-20H,13-16,22-23H2,1H3,(H,38,40). The Balaban J connectivity index is 1.33. The van der Waals surface area contributed by atoms with Crippen LogP contribution in [-0.2, 0) is 31.5 Å². The van der Waals surface area contributed by atoms with E-state index < -0.39 is 15.4 Å². The number of nitrogens with one attached hydrogen (secondary N) is 1. The maximum absolute atomic E-state index is 13.0. The normalized spacial score (nSPS) is 15.0. The molecule has 0 aromatic heterocycles. The smallest absolute Gasteiger partial charge is 0.250 e. The number of amides is 1. The van der Waals surface area contributed by atoms with Crippen LogP contribution in [0.3, 0.4) is 0 Å². The number of carbonyl (C=O) groups is 1. The van der Waals surface area contributed by atoms with Crippen molar-refractivity contribution in [3.8, 4) is 17.2 Å². The summed E-state index contributed by atoms with van der Waals surface area (Å²) in [5.41, 5.74) is 4.30. The maximum atomic E-state index is 13.0. The van der Waals surface area contributed by atoms with Crippen LogP contribution in [0.4, 0.5) is 5.69 Å². The van der Waals surface area contributed by atoms with Crippen LogP contribution < -0.4 is 5.32 Å². The average molecular weight is 649 g/mol. The summed E-state index contributed by atoms with van der Waals surface area (Å²) in [4.78, 5) is 15.6. The third kappa shape index (κ3) is 7.86. The summed E-state index contributed by atoms with van der Waals surface area (Å²) < 4.78 is 30.1. The molecule has 1 N–H and O–H groups in total. The third-order valence-electron chi connectivity index (χ3n) is 7.78. The third-order valence-corrected chi connectivity index (χ3v) is 9.35. The number of hydrogen-bond acceptors (Lipinski definition) is 6. The van der Waals surface area contributed by atoms with Gasteiger partial charge in [0.1, 0.15) is 6.61 Å². The van der Waals surface area contributed by atoms with Crippen LogP contribution in [0.2, 0.25) is 10.0 Å². The molecule has 226 valence electrons. The van der Waals surface area contributed by atoms with E-state index in [-0.39, 0.29) is 12.5 Å². The lowest BCUT2D eigenvalue weighted by atomic mass is 9.83. The zero-order valence-corrected chi connectivity index (χ0v) is 26.4. The van der Waals surface area contributed by atoms with E-state index in [1.54, 1.807) is 36.4 Å². The minimum absolute atomic E-state index is 0.164. The number of halogens is 2. The second-order valence-electron chi connectivity index (χ2n) is 11.0. The van der Waals surface area contributed by atoms with Crippen molar-refractivity contribution in [3.05, 3.63) is 118 Å². The van der Waals surface area contributed by atoms with E-state index in [0.29, 0.717) is 58.7 Å². The van der Waals surface area contributed by atoms with Crippen molar-refractivity contribution in [1.29, 1.82) is 5.26 Å². The van der Waals surface area contributed by atoms with Crippen molar-refractivity contribution < 1.29 is 17.9 Å². The summed E-state index contributed by atoms with van der Waals surface area (Å²) in [5, 5.41) is 13.0. The average Bonchev–Trinajstić information content (AvgIpc) is 3.00. The summed E-state index contributed by atoms with van der Waals surface area (Å²) in [6.45, 7) is 1.93. The number of nitriles is 1. The van der Waals surface area contributed by atoms with Crippen LogP contribution in [0, 0.1) is 11.3 Å². The van der Waals surface area contributed by atoms with Crippen LogP contribution in [-0.4, -0.2) is 45.2 Å². The summed E-state index contributed by atoms with van der Waals surface area (Å²) in [5.74, 6) is -0.318. The van der Waals surface area contributed by atoms with E-state index >= 15 is 0 Å². The highest BCUT2D eigenvalue weighted by molar-refractivity contribution is 7.90. The number of ether oxygens (including phenoxy) is 1. The number of anilines is 1. The Morgan fingerprint density at radius 2 is 1.59 bits per heavy atom. The first-order chi connectivity index (χ1) is 21.0. The number of likely N-dealkylation sites (tertiary alicyclic amines) is 1. The molecule has 1 aliphatic heterocycles. The van der Waals surface area contributed by atoms with Crippen molar-refractivity contribution in [2.24, 2.45) is 0 Å². The van der Waals surface area contributed by atoms with Gasteiger partial charge in [0.25, 0.3) is 0 Å². The Kier molecular flexibility index (Phi) is 9.74. The molecular formula is C34H31Cl2N3O4S. The zero-order chi connectivity index (χ0) is 31.3. The molecule has 0 saturated carbocycles. The lowest BCUT2D eigenvalue weighted by molar-refractivity contribution is -0.135. The van der Waals surface area contributed by atoms with Crippen LogP contribution in [0.25, 0.3) is 11.1 Å². The Bertz CT molecular complexity index is 1780. The number of sulfone groups is 1. The molecule has 0 spiro atoms. The molecule has 1 fully saturated rings. The Labute approximate surface area is 267 Å².